The van der Waals surface area contributed by atoms with E-state index < -0.39 is 0 Å². The van der Waals surface area contributed by atoms with E-state index in [9.17, 15) is 4.79 Å². The molecule has 0 unspecified atom stereocenters. The fourth-order valence-electron chi connectivity index (χ4n) is 5.67. The number of benzene rings is 1. The maximum absolute atomic E-state index is 11.8. The Kier molecular flexibility index (Phi) is 6.23. The molecule has 2 aromatic heterocycles. The van der Waals surface area contributed by atoms with Crippen molar-refractivity contribution in [3.05, 3.63) is 59.5 Å². The number of hydrogen-bond donors (Lipinski definition) is 1. The summed E-state index contributed by atoms with van der Waals surface area (Å²) in [5.41, 5.74) is 4.70. The highest BCUT2D eigenvalue weighted by Crippen LogP contribution is 2.39. The number of likely N-dealkylation sites (tertiary alicyclic amines) is 1. The minimum atomic E-state index is 0.154. The average Bonchev–Trinajstić information content (AvgIpc) is 3.51. The van der Waals surface area contributed by atoms with Crippen LogP contribution in [0.2, 0.25) is 5.02 Å². The van der Waals surface area contributed by atoms with Crippen LogP contribution in [0.4, 0.5) is 17.3 Å². The smallest absolute Gasteiger partial charge is 0.227 e. The zero-order valence-corrected chi connectivity index (χ0v) is 21.0. The molecule has 5 heterocycles. The molecule has 3 fully saturated rings. The maximum Gasteiger partial charge on any atom is 0.227 e. The predicted molar refractivity (Wildman–Crippen MR) is 140 cm³/mol. The zero-order chi connectivity index (χ0) is 24.6. The van der Waals surface area contributed by atoms with Gasteiger partial charge in [-0.25, -0.2) is 9.97 Å². The molecule has 0 aliphatic carbocycles. The van der Waals surface area contributed by atoms with E-state index in [2.05, 4.69) is 27.3 Å². The summed E-state index contributed by atoms with van der Waals surface area (Å²) in [6.07, 6.45) is 6.67. The Bertz CT molecular complexity index is 1260. The first-order valence-electron chi connectivity index (χ1n) is 12.5. The van der Waals surface area contributed by atoms with Crippen LogP contribution in [0.25, 0.3) is 11.3 Å². The SMILES string of the molecule is CC(=O)N1C[C@@H]2C[C@H]1CN2c1ccc(Nc2nccc(-c3ccc(C4CCOCC4)nc3)n2)cc1Cl. The Morgan fingerprint density at radius 2 is 1.94 bits per heavy atom. The molecule has 2 atom stereocenters. The van der Waals surface area contributed by atoms with Gasteiger partial charge in [0.1, 0.15) is 0 Å². The lowest BCUT2D eigenvalue weighted by molar-refractivity contribution is -0.129. The van der Waals surface area contributed by atoms with Crippen LogP contribution in [0.3, 0.4) is 0 Å². The van der Waals surface area contributed by atoms with Crippen molar-refractivity contribution in [2.45, 2.75) is 44.2 Å². The number of fused-ring (bicyclic) bond motifs is 2. The number of halogens is 1. The lowest BCUT2D eigenvalue weighted by atomic mass is 9.95. The number of carbonyl (C=O) groups excluding carboxylic acids is 1. The zero-order valence-electron chi connectivity index (χ0n) is 20.2. The molecular weight excluding hydrogens is 476 g/mol. The van der Waals surface area contributed by atoms with E-state index in [4.69, 9.17) is 26.3 Å². The lowest BCUT2D eigenvalue weighted by Gasteiger charge is -2.35. The number of aromatic nitrogens is 3. The minimum absolute atomic E-state index is 0.154. The first kappa shape index (κ1) is 23.2. The van der Waals surface area contributed by atoms with Crippen molar-refractivity contribution in [1.82, 2.24) is 19.9 Å². The topological polar surface area (TPSA) is 83.5 Å². The summed E-state index contributed by atoms with van der Waals surface area (Å²) in [5.74, 6) is 1.12. The van der Waals surface area contributed by atoms with E-state index in [-0.39, 0.29) is 11.9 Å². The van der Waals surface area contributed by atoms with Gasteiger partial charge in [0.15, 0.2) is 0 Å². The third-order valence-corrected chi connectivity index (χ3v) is 7.84. The van der Waals surface area contributed by atoms with Crippen molar-refractivity contribution >= 4 is 34.8 Å². The number of amides is 1. The summed E-state index contributed by atoms with van der Waals surface area (Å²) >= 11 is 6.70. The standard InChI is InChI=1S/C27H29ClN6O2/c1-17(35)33-15-22-13-21(33)16-34(22)26-5-3-20(12-23(26)28)31-27-29-9-6-25(32-27)19-2-4-24(30-14-19)18-7-10-36-11-8-18/h2-6,9,12,14,18,21-22H,7-8,10-11,13,15-16H2,1H3,(H,29,31,32)/t21-,22-/m0/s1. The average molecular weight is 505 g/mol. The van der Waals surface area contributed by atoms with Gasteiger partial charge >= 0.3 is 0 Å². The summed E-state index contributed by atoms with van der Waals surface area (Å²) < 4.78 is 5.46. The summed E-state index contributed by atoms with van der Waals surface area (Å²) in [4.78, 5) is 29.9. The molecule has 9 heteroatoms. The number of carbonyl (C=O) groups is 1. The van der Waals surface area contributed by atoms with Crippen LogP contribution in [0.1, 0.15) is 37.8 Å². The molecule has 36 heavy (non-hydrogen) atoms. The maximum atomic E-state index is 11.8. The van der Waals surface area contributed by atoms with Crippen LogP contribution < -0.4 is 10.2 Å². The summed E-state index contributed by atoms with van der Waals surface area (Å²) in [6.45, 7) is 4.84. The molecule has 3 saturated heterocycles. The van der Waals surface area contributed by atoms with Crippen molar-refractivity contribution in [2.24, 2.45) is 0 Å². The molecule has 186 valence electrons. The van der Waals surface area contributed by atoms with E-state index in [1.165, 1.54) is 0 Å². The second-order valence-corrected chi connectivity index (χ2v) is 10.2. The lowest BCUT2D eigenvalue weighted by Crippen LogP contribution is -2.48. The van der Waals surface area contributed by atoms with E-state index in [1.807, 2.05) is 35.4 Å². The third-order valence-electron chi connectivity index (χ3n) is 7.54. The van der Waals surface area contributed by atoms with Gasteiger partial charge in [0, 0.05) is 74.5 Å². The summed E-state index contributed by atoms with van der Waals surface area (Å²) in [7, 11) is 0. The fourth-order valence-corrected chi connectivity index (χ4v) is 5.95. The summed E-state index contributed by atoms with van der Waals surface area (Å²) in [5, 5.41) is 3.95. The number of nitrogens with zero attached hydrogens (tertiary/aromatic N) is 5. The van der Waals surface area contributed by atoms with Gasteiger partial charge in [0.2, 0.25) is 11.9 Å². The number of ether oxygens (including phenoxy) is 1. The molecule has 0 spiro atoms. The Hall–Kier alpha value is -3.23. The molecule has 3 aliphatic rings. The van der Waals surface area contributed by atoms with Gasteiger partial charge in [-0.1, -0.05) is 11.6 Å². The van der Waals surface area contributed by atoms with Crippen molar-refractivity contribution in [2.75, 3.05) is 36.5 Å². The largest absolute Gasteiger partial charge is 0.381 e. The van der Waals surface area contributed by atoms with Crippen molar-refractivity contribution in [3.63, 3.8) is 0 Å². The van der Waals surface area contributed by atoms with E-state index in [0.717, 1.165) is 73.9 Å². The van der Waals surface area contributed by atoms with Crippen molar-refractivity contribution in [3.8, 4) is 11.3 Å². The monoisotopic (exact) mass is 504 g/mol. The number of pyridine rings is 1. The highest BCUT2D eigenvalue weighted by Gasteiger charge is 2.44. The second-order valence-electron chi connectivity index (χ2n) is 9.78. The van der Waals surface area contributed by atoms with Gasteiger partial charge in [0.25, 0.3) is 0 Å². The Morgan fingerprint density at radius 1 is 1.08 bits per heavy atom. The molecule has 0 saturated carbocycles. The Morgan fingerprint density at radius 3 is 2.64 bits per heavy atom. The van der Waals surface area contributed by atoms with Crippen molar-refractivity contribution < 1.29 is 9.53 Å². The fraction of sp³-hybridized carbons (Fsp3) is 0.407. The van der Waals surface area contributed by atoms with Crippen molar-refractivity contribution in [1.29, 1.82) is 0 Å². The van der Waals surface area contributed by atoms with E-state index >= 15 is 0 Å². The van der Waals surface area contributed by atoms with Gasteiger partial charge < -0.3 is 19.9 Å². The molecule has 8 nitrogen and oxygen atoms in total. The van der Waals surface area contributed by atoms with Crippen LogP contribution in [0.5, 0.6) is 0 Å². The number of hydrogen-bond acceptors (Lipinski definition) is 7. The highest BCUT2D eigenvalue weighted by atomic mass is 35.5. The molecule has 1 N–H and O–H groups in total. The van der Waals surface area contributed by atoms with E-state index in [0.29, 0.717) is 22.9 Å². The first-order chi connectivity index (χ1) is 17.5. The highest BCUT2D eigenvalue weighted by molar-refractivity contribution is 6.33. The minimum Gasteiger partial charge on any atom is -0.381 e. The molecule has 0 radical (unpaired) electrons. The quantitative estimate of drug-likeness (QED) is 0.542. The van der Waals surface area contributed by atoms with Gasteiger partial charge in [-0.3, -0.25) is 9.78 Å². The van der Waals surface area contributed by atoms with Gasteiger partial charge in [-0.15, -0.1) is 0 Å². The molecule has 3 aliphatic heterocycles. The van der Waals surface area contributed by atoms with Crippen LogP contribution >= 0.6 is 11.6 Å². The Balaban J connectivity index is 1.14. The molecule has 3 aromatic rings. The van der Waals surface area contributed by atoms with E-state index in [1.54, 1.807) is 13.1 Å². The number of piperazine rings is 1. The third kappa shape index (κ3) is 4.51. The molecule has 1 aromatic carbocycles. The normalized spacial score (nSPS) is 21.7. The van der Waals surface area contributed by atoms with Gasteiger partial charge in [-0.05, 0) is 55.7 Å². The number of anilines is 3. The number of rotatable bonds is 5. The van der Waals surface area contributed by atoms with Crippen LogP contribution in [0.15, 0.2) is 48.8 Å². The summed E-state index contributed by atoms with van der Waals surface area (Å²) in [6, 6.07) is 12.6. The van der Waals surface area contributed by atoms with Crippen LogP contribution in [-0.4, -0.2) is 64.1 Å². The molecular formula is C27H29ClN6O2. The second kappa shape index (κ2) is 9.67. The van der Waals surface area contributed by atoms with Gasteiger partial charge in [-0.2, -0.15) is 0 Å². The Labute approximate surface area is 215 Å². The molecule has 1 amide bonds. The number of nitrogens with one attached hydrogen (secondary N) is 1. The van der Waals surface area contributed by atoms with Crippen LogP contribution in [0, 0.1) is 0 Å². The van der Waals surface area contributed by atoms with Gasteiger partial charge in [0.05, 0.1) is 22.4 Å². The first-order valence-corrected chi connectivity index (χ1v) is 12.9. The van der Waals surface area contributed by atoms with Crippen LogP contribution in [-0.2, 0) is 9.53 Å². The molecule has 6 rings (SSSR count). The molecule has 2 bridgehead atoms. The predicted octanol–water partition coefficient (Wildman–Crippen LogP) is 4.64.